The number of benzene rings is 3. The van der Waals surface area contributed by atoms with E-state index in [1.54, 1.807) is 59.7 Å². The summed E-state index contributed by atoms with van der Waals surface area (Å²) in [5.74, 6) is -0.129. The molecule has 0 bridgehead atoms. The number of carbonyl (C=O) groups is 1. The summed E-state index contributed by atoms with van der Waals surface area (Å²) >= 11 is 0. The number of amides is 1. The molecule has 8 heteroatoms. The molecule has 2 aliphatic rings. The molecule has 2 aliphatic heterocycles. The van der Waals surface area contributed by atoms with Crippen LogP contribution in [0.5, 0.6) is 0 Å². The summed E-state index contributed by atoms with van der Waals surface area (Å²) in [6.45, 7) is 0.317. The quantitative estimate of drug-likeness (QED) is 0.569. The molecule has 0 radical (unpaired) electrons. The Labute approximate surface area is 206 Å². The summed E-state index contributed by atoms with van der Waals surface area (Å²) in [4.78, 5) is 14.3. The van der Waals surface area contributed by atoms with Gasteiger partial charge in [-0.05, 0) is 59.5 Å². The molecule has 1 saturated heterocycles. The predicted octanol–water partition coefficient (Wildman–Crippen LogP) is 3.59. The topological polar surface area (TPSA) is 90.0 Å². The highest BCUT2D eigenvalue weighted by Crippen LogP contribution is 2.49. The van der Waals surface area contributed by atoms with Crippen molar-refractivity contribution in [2.45, 2.75) is 23.4 Å². The fourth-order valence-electron chi connectivity index (χ4n) is 5.29. The molecule has 35 heavy (non-hydrogen) atoms. The van der Waals surface area contributed by atoms with Crippen molar-refractivity contribution in [2.75, 3.05) is 32.6 Å². The highest BCUT2D eigenvalue weighted by atomic mass is 32.2. The van der Waals surface area contributed by atoms with E-state index in [-0.39, 0.29) is 35.4 Å². The van der Waals surface area contributed by atoms with Crippen LogP contribution in [0.1, 0.15) is 28.4 Å². The highest BCUT2D eigenvalue weighted by Gasteiger charge is 2.48. The zero-order valence-electron chi connectivity index (χ0n) is 19.8. The number of nitrogens with zero attached hydrogens (tertiary/aromatic N) is 2. The lowest BCUT2D eigenvalue weighted by atomic mass is 9.82. The standard InChI is InChI=1S/C27H29N3O4S/c1-29(2)27(32)20-8-6-7-18(15-20)19-11-12-24-23(16-19)26-22(25(17-31)28-24)13-14-30(26)35(33,34)21-9-4-3-5-10-21/h3-12,15-16,22,25-26,28,31H,13-14,17H2,1-2H3/t22-,25-,26-/m1/s1. The number of aliphatic hydroxyl groups is 1. The number of sulfonamides is 1. The van der Waals surface area contributed by atoms with Gasteiger partial charge in [0.15, 0.2) is 0 Å². The minimum Gasteiger partial charge on any atom is -0.394 e. The van der Waals surface area contributed by atoms with Crippen LogP contribution in [0.3, 0.4) is 0 Å². The van der Waals surface area contributed by atoms with Gasteiger partial charge in [0.1, 0.15) is 0 Å². The van der Waals surface area contributed by atoms with E-state index in [0.717, 1.165) is 22.4 Å². The van der Waals surface area contributed by atoms with Gasteiger partial charge in [0.05, 0.1) is 23.6 Å². The second kappa shape index (κ2) is 9.11. The van der Waals surface area contributed by atoms with Gasteiger partial charge in [-0.1, -0.05) is 36.4 Å². The third kappa shape index (κ3) is 4.11. The Morgan fingerprint density at radius 1 is 1.03 bits per heavy atom. The normalized spacial score (nSPS) is 21.6. The SMILES string of the molecule is CN(C)C(=O)c1cccc(-c2ccc3c(c2)[C@H]2[C@H](CCN2S(=O)(=O)c2ccccc2)[C@@H](CO)N3)c1. The van der Waals surface area contributed by atoms with Crippen molar-refractivity contribution in [1.29, 1.82) is 0 Å². The number of anilines is 1. The number of aliphatic hydroxyl groups excluding tert-OH is 1. The monoisotopic (exact) mass is 491 g/mol. The van der Waals surface area contributed by atoms with Gasteiger partial charge in [-0.25, -0.2) is 8.42 Å². The van der Waals surface area contributed by atoms with E-state index in [2.05, 4.69) is 5.32 Å². The van der Waals surface area contributed by atoms with Crippen molar-refractivity contribution >= 4 is 21.6 Å². The Balaban J connectivity index is 1.59. The van der Waals surface area contributed by atoms with Crippen molar-refractivity contribution in [3.63, 3.8) is 0 Å². The first-order valence-corrected chi connectivity index (χ1v) is 13.2. The van der Waals surface area contributed by atoms with E-state index in [1.807, 2.05) is 36.4 Å². The van der Waals surface area contributed by atoms with Gasteiger partial charge < -0.3 is 15.3 Å². The van der Waals surface area contributed by atoms with E-state index >= 15 is 0 Å². The zero-order valence-corrected chi connectivity index (χ0v) is 20.6. The number of rotatable bonds is 5. The van der Waals surface area contributed by atoms with Gasteiger partial charge in [0.25, 0.3) is 5.91 Å². The molecular formula is C27H29N3O4S. The molecule has 0 unspecified atom stereocenters. The summed E-state index contributed by atoms with van der Waals surface area (Å²) in [6.07, 6.45) is 0.658. The zero-order chi connectivity index (χ0) is 24.7. The smallest absolute Gasteiger partial charge is 0.253 e. The maximum absolute atomic E-state index is 13.6. The third-order valence-corrected chi connectivity index (χ3v) is 8.92. The highest BCUT2D eigenvalue weighted by molar-refractivity contribution is 7.89. The molecular weight excluding hydrogens is 462 g/mol. The Bertz CT molecular complexity index is 1360. The van der Waals surface area contributed by atoms with Gasteiger partial charge in [-0.15, -0.1) is 0 Å². The summed E-state index contributed by atoms with van der Waals surface area (Å²) in [7, 11) is -0.272. The van der Waals surface area contributed by atoms with E-state index in [9.17, 15) is 18.3 Å². The van der Waals surface area contributed by atoms with Crippen LogP contribution in [0.4, 0.5) is 5.69 Å². The third-order valence-electron chi connectivity index (χ3n) is 7.02. The molecule has 0 aliphatic carbocycles. The van der Waals surface area contributed by atoms with Gasteiger partial charge >= 0.3 is 0 Å². The first-order chi connectivity index (χ1) is 16.8. The molecule has 3 aromatic rings. The number of carbonyl (C=O) groups excluding carboxylic acids is 1. The largest absolute Gasteiger partial charge is 0.394 e. The Morgan fingerprint density at radius 2 is 1.77 bits per heavy atom. The lowest BCUT2D eigenvalue weighted by Crippen LogP contribution is -2.42. The molecule has 5 rings (SSSR count). The van der Waals surface area contributed by atoms with Crippen molar-refractivity contribution in [1.82, 2.24) is 9.21 Å². The molecule has 1 fully saturated rings. The average molecular weight is 492 g/mol. The van der Waals surface area contributed by atoms with Crippen molar-refractivity contribution in [2.24, 2.45) is 5.92 Å². The van der Waals surface area contributed by atoms with Gasteiger partial charge in [0.2, 0.25) is 10.0 Å². The number of hydrogen-bond acceptors (Lipinski definition) is 5. The molecule has 0 saturated carbocycles. The molecule has 3 atom stereocenters. The van der Waals surface area contributed by atoms with Gasteiger partial charge in [-0.2, -0.15) is 4.31 Å². The molecule has 0 aromatic heterocycles. The average Bonchev–Trinajstić information content (AvgIpc) is 3.34. The Hall–Kier alpha value is -3.20. The molecule has 1 amide bonds. The minimum absolute atomic E-state index is 0.0529. The van der Waals surface area contributed by atoms with E-state index in [1.165, 1.54) is 0 Å². The minimum atomic E-state index is -3.71. The number of fused-ring (bicyclic) bond motifs is 3. The van der Waals surface area contributed by atoms with Crippen molar-refractivity contribution in [3.8, 4) is 11.1 Å². The second-order valence-electron chi connectivity index (χ2n) is 9.34. The van der Waals surface area contributed by atoms with Crippen LogP contribution >= 0.6 is 0 Å². The Morgan fingerprint density at radius 3 is 2.49 bits per heavy atom. The predicted molar refractivity (Wildman–Crippen MR) is 136 cm³/mol. The fraction of sp³-hybridized carbons (Fsp3) is 0.296. The van der Waals surface area contributed by atoms with Gasteiger partial charge in [-0.3, -0.25) is 4.79 Å². The first kappa shape index (κ1) is 23.5. The lowest BCUT2D eigenvalue weighted by molar-refractivity contribution is 0.0827. The van der Waals surface area contributed by atoms with E-state index in [4.69, 9.17) is 0 Å². The summed E-state index contributed by atoms with van der Waals surface area (Å²) in [6, 6.07) is 21.3. The fourth-order valence-corrected chi connectivity index (χ4v) is 6.97. The van der Waals surface area contributed by atoms with Crippen LogP contribution in [0.25, 0.3) is 11.1 Å². The molecule has 3 aromatic carbocycles. The van der Waals surface area contributed by atoms with Crippen LogP contribution < -0.4 is 5.32 Å². The van der Waals surface area contributed by atoms with Crippen LogP contribution in [-0.4, -0.2) is 61.9 Å². The summed E-state index contributed by atoms with van der Waals surface area (Å²) in [5.41, 5.74) is 4.10. The Kier molecular flexibility index (Phi) is 6.13. The summed E-state index contributed by atoms with van der Waals surface area (Å²) < 4.78 is 28.9. The summed E-state index contributed by atoms with van der Waals surface area (Å²) in [5, 5.41) is 13.5. The van der Waals surface area contributed by atoms with Gasteiger partial charge in [0, 0.05) is 37.8 Å². The molecule has 2 N–H and O–H groups in total. The number of nitrogens with one attached hydrogen (secondary N) is 1. The first-order valence-electron chi connectivity index (χ1n) is 11.7. The van der Waals surface area contributed by atoms with Crippen molar-refractivity contribution < 1.29 is 18.3 Å². The maximum atomic E-state index is 13.6. The maximum Gasteiger partial charge on any atom is 0.253 e. The second-order valence-corrected chi connectivity index (χ2v) is 11.2. The van der Waals surface area contributed by atoms with E-state index in [0.29, 0.717) is 18.5 Å². The number of hydrogen-bond donors (Lipinski definition) is 2. The van der Waals surface area contributed by atoms with Crippen LogP contribution in [-0.2, 0) is 10.0 Å². The van der Waals surface area contributed by atoms with E-state index < -0.39 is 10.0 Å². The molecule has 7 nitrogen and oxygen atoms in total. The molecule has 2 heterocycles. The molecule has 0 spiro atoms. The van der Waals surface area contributed by atoms with Crippen LogP contribution in [0, 0.1) is 5.92 Å². The van der Waals surface area contributed by atoms with Crippen LogP contribution in [0.2, 0.25) is 0 Å². The molecule has 182 valence electrons. The lowest BCUT2D eigenvalue weighted by Gasteiger charge is -2.39. The van der Waals surface area contributed by atoms with Crippen LogP contribution in [0.15, 0.2) is 77.7 Å². The van der Waals surface area contributed by atoms with Crippen molar-refractivity contribution in [3.05, 3.63) is 83.9 Å².